The summed E-state index contributed by atoms with van der Waals surface area (Å²) in [6.45, 7) is 3.29. The SMILES string of the molecule is COc1ccc(CNC(=O)[C@@H](C)Nc2cccc(-c3nnc4n3CCCCC4)c2)cc1. The number of rotatable bonds is 7. The number of carbonyl (C=O) groups excluding carboxylic acids is 1. The second-order valence-electron chi connectivity index (χ2n) is 7.91. The second-order valence-corrected chi connectivity index (χ2v) is 7.91. The van der Waals surface area contributed by atoms with E-state index >= 15 is 0 Å². The fourth-order valence-corrected chi connectivity index (χ4v) is 3.85. The van der Waals surface area contributed by atoms with E-state index in [4.69, 9.17) is 4.74 Å². The molecule has 7 heteroatoms. The summed E-state index contributed by atoms with van der Waals surface area (Å²) in [5.74, 6) is 2.71. The van der Waals surface area contributed by atoms with E-state index in [1.54, 1.807) is 7.11 Å². The number of fused-ring (bicyclic) bond motifs is 1. The smallest absolute Gasteiger partial charge is 0.242 e. The molecule has 162 valence electrons. The standard InChI is InChI=1S/C24H29N5O2/c1-17(24(30)25-16-18-10-12-21(31-2)13-11-18)26-20-8-6-7-19(15-20)23-28-27-22-9-4-3-5-14-29(22)23/h6-8,10-13,15,17,26H,3-5,9,14,16H2,1-2H3,(H,25,30)/t17-/m1/s1. The van der Waals surface area contributed by atoms with Gasteiger partial charge in [0.1, 0.15) is 17.6 Å². The summed E-state index contributed by atoms with van der Waals surface area (Å²) in [6.07, 6.45) is 4.54. The highest BCUT2D eigenvalue weighted by atomic mass is 16.5. The lowest BCUT2D eigenvalue weighted by atomic mass is 10.1. The van der Waals surface area contributed by atoms with Crippen LogP contribution in [-0.4, -0.2) is 33.8 Å². The Bertz CT molecular complexity index is 1030. The van der Waals surface area contributed by atoms with Crippen molar-refractivity contribution in [3.8, 4) is 17.1 Å². The lowest BCUT2D eigenvalue weighted by molar-refractivity contribution is -0.121. The zero-order valence-corrected chi connectivity index (χ0v) is 18.1. The maximum Gasteiger partial charge on any atom is 0.242 e. The number of aryl methyl sites for hydroxylation is 1. The van der Waals surface area contributed by atoms with Crippen molar-refractivity contribution in [3.63, 3.8) is 0 Å². The molecule has 1 amide bonds. The number of hydrogen-bond acceptors (Lipinski definition) is 5. The van der Waals surface area contributed by atoms with Gasteiger partial charge in [-0.15, -0.1) is 10.2 Å². The maximum atomic E-state index is 12.6. The van der Waals surface area contributed by atoms with Crippen LogP contribution in [0.1, 0.15) is 37.6 Å². The highest BCUT2D eigenvalue weighted by Crippen LogP contribution is 2.25. The highest BCUT2D eigenvalue weighted by Gasteiger charge is 2.17. The summed E-state index contributed by atoms with van der Waals surface area (Å²) >= 11 is 0. The second kappa shape index (κ2) is 9.64. The minimum atomic E-state index is -0.371. The zero-order valence-electron chi connectivity index (χ0n) is 18.1. The Kier molecular flexibility index (Phi) is 6.50. The molecule has 0 bridgehead atoms. The van der Waals surface area contributed by atoms with Gasteiger partial charge in [-0.05, 0) is 49.6 Å². The van der Waals surface area contributed by atoms with Crippen LogP contribution >= 0.6 is 0 Å². The molecular formula is C24H29N5O2. The molecule has 2 N–H and O–H groups in total. The van der Waals surface area contributed by atoms with Crippen LogP contribution in [0.5, 0.6) is 5.75 Å². The van der Waals surface area contributed by atoms with Crippen LogP contribution in [0.2, 0.25) is 0 Å². The molecule has 1 atom stereocenters. The molecule has 0 unspecified atom stereocenters. The van der Waals surface area contributed by atoms with Gasteiger partial charge in [-0.25, -0.2) is 0 Å². The monoisotopic (exact) mass is 419 g/mol. The van der Waals surface area contributed by atoms with Crippen molar-refractivity contribution in [1.82, 2.24) is 20.1 Å². The number of benzene rings is 2. The van der Waals surface area contributed by atoms with Crippen LogP contribution in [-0.2, 0) is 24.3 Å². The van der Waals surface area contributed by atoms with E-state index in [-0.39, 0.29) is 11.9 Å². The number of ether oxygens (including phenoxy) is 1. The Morgan fingerprint density at radius 3 is 2.77 bits per heavy atom. The third-order valence-electron chi connectivity index (χ3n) is 5.63. The van der Waals surface area contributed by atoms with Crippen LogP contribution in [0, 0.1) is 0 Å². The van der Waals surface area contributed by atoms with Crippen LogP contribution in [0.3, 0.4) is 0 Å². The molecule has 0 radical (unpaired) electrons. The number of amides is 1. The van der Waals surface area contributed by atoms with E-state index in [0.29, 0.717) is 6.54 Å². The molecule has 0 fully saturated rings. The van der Waals surface area contributed by atoms with E-state index in [1.807, 2.05) is 55.5 Å². The molecule has 0 spiro atoms. The fourth-order valence-electron chi connectivity index (χ4n) is 3.85. The molecule has 0 saturated heterocycles. The summed E-state index contributed by atoms with van der Waals surface area (Å²) in [7, 11) is 1.64. The van der Waals surface area contributed by atoms with Crippen LogP contribution in [0.25, 0.3) is 11.4 Å². The topological polar surface area (TPSA) is 81.1 Å². The third kappa shape index (κ3) is 5.05. The molecule has 1 aliphatic heterocycles. The molecule has 4 rings (SSSR count). The van der Waals surface area contributed by atoms with E-state index in [1.165, 1.54) is 12.8 Å². The highest BCUT2D eigenvalue weighted by molar-refractivity contribution is 5.84. The summed E-state index contributed by atoms with van der Waals surface area (Å²) in [5, 5.41) is 15.1. The van der Waals surface area contributed by atoms with E-state index in [0.717, 1.165) is 53.6 Å². The van der Waals surface area contributed by atoms with Crippen molar-refractivity contribution in [3.05, 3.63) is 59.9 Å². The van der Waals surface area contributed by atoms with Gasteiger partial charge >= 0.3 is 0 Å². The minimum absolute atomic E-state index is 0.0578. The van der Waals surface area contributed by atoms with Crippen molar-refractivity contribution in [2.45, 2.75) is 51.7 Å². The van der Waals surface area contributed by atoms with E-state index < -0.39 is 0 Å². The third-order valence-corrected chi connectivity index (χ3v) is 5.63. The normalized spacial score (nSPS) is 14.3. The lowest BCUT2D eigenvalue weighted by Crippen LogP contribution is -2.37. The number of aromatic nitrogens is 3. The Morgan fingerprint density at radius 2 is 1.97 bits per heavy atom. The Labute approximate surface area is 182 Å². The molecule has 31 heavy (non-hydrogen) atoms. The molecule has 0 saturated carbocycles. The van der Waals surface area contributed by atoms with Gasteiger partial charge < -0.3 is 19.9 Å². The largest absolute Gasteiger partial charge is 0.497 e. The average molecular weight is 420 g/mol. The van der Waals surface area contributed by atoms with Crippen molar-refractivity contribution in [1.29, 1.82) is 0 Å². The molecule has 2 heterocycles. The first-order valence-corrected chi connectivity index (χ1v) is 10.8. The van der Waals surface area contributed by atoms with E-state index in [2.05, 4.69) is 25.4 Å². The molecule has 7 nitrogen and oxygen atoms in total. The van der Waals surface area contributed by atoms with Gasteiger partial charge in [0.25, 0.3) is 0 Å². The average Bonchev–Trinajstić information content (AvgIpc) is 3.06. The van der Waals surface area contributed by atoms with Crippen molar-refractivity contribution < 1.29 is 9.53 Å². The van der Waals surface area contributed by atoms with Crippen LogP contribution < -0.4 is 15.4 Å². The number of anilines is 1. The number of nitrogens with one attached hydrogen (secondary N) is 2. The molecule has 2 aromatic carbocycles. The maximum absolute atomic E-state index is 12.6. The van der Waals surface area contributed by atoms with Gasteiger partial charge in [-0.1, -0.05) is 30.7 Å². The first kappa shape index (κ1) is 20.9. The van der Waals surface area contributed by atoms with Crippen molar-refractivity contribution in [2.24, 2.45) is 0 Å². The fraction of sp³-hybridized carbons (Fsp3) is 0.375. The predicted octanol–water partition coefficient (Wildman–Crippen LogP) is 3.80. The number of hydrogen-bond donors (Lipinski definition) is 2. The summed E-state index contributed by atoms with van der Waals surface area (Å²) < 4.78 is 7.40. The summed E-state index contributed by atoms with van der Waals surface area (Å²) in [4.78, 5) is 12.6. The Balaban J connectivity index is 1.39. The van der Waals surface area contributed by atoms with Gasteiger partial charge in [0, 0.05) is 30.8 Å². The summed E-state index contributed by atoms with van der Waals surface area (Å²) in [6, 6.07) is 15.3. The Morgan fingerprint density at radius 1 is 1.13 bits per heavy atom. The number of nitrogens with zero attached hydrogens (tertiary/aromatic N) is 3. The summed E-state index contributed by atoms with van der Waals surface area (Å²) in [5.41, 5.74) is 2.92. The number of methoxy groups -OCH3 is 1. The van der Waals surface area contributed by atoms with Crippen molar-refractivity contribution >= 4 is 11.6 Å². The molecule has 1 aromatic heterocycles. The predicted molar refractivity (Wildman–Crippen MR) is 121 cm³/mol. The Hall–Kier alpha value is -3.35. The van der Waals surface area contributed by atoms with Gasteiger partial charge in [-0.2, -0.15) is 0 Å². The van der Waals surface area contributed by atoms with Crippen molar-refractivity contribution in [2.75, 3.05) is 12.4 Å². The quantitative estimate of drug-likeness (QED) is 0.609. The zero-order chi connectivity index (χ0) is 21.6. The van der Waals surface area contributed by atoms with Crippen LogP contribution in [0.4, 0.5) is 5.69 Å². The van der Waals surface area contributed by atoms with E-state index in [9.17, 15) is 4.79 Å². The first-order valence-electron chi connectivity index (χ1n) is 10.8. The van der Waals surface area contributed by atoms with Gasteiger partial charge in [-0.3, -0.25) is 4.79 Å². The molecule has 0 aliphatic carbocycles. The number of carbonyl (C=O) groups is 1. The van der Waals surface area contributed by atoms with Gasteiger partial charge in [0.05, 0.1) is 7.11 Å². The van der Waals surface area contributed by atoms with Gasteiger partial charge in [0.2, 0.25) is 5.91 Å². The van der Waals surface area contributed by atoms with Crippen LogP contribution in [0.15, 0.2) is 48.5 Å². The lowest BCUT2D eigenvalue weighted by Gasteiger charge is -2.16. The first-order chi connectivity index (χ1) is 15.1. The van der Waals surface area contributed by atoms with Gasteiger partial charge in [0.15, 0.2) is 5.82 Å². The molecule has 3 aromatic rings. The minimum Gasteiger partial charge on any atom is -0.497 e. The molecular weight excluding hydrogens is 390 g/mol. The molecule has 1 aliphatic rings.